The molecule has 7 nitrogen and oxygen atoms in total. The molecule has 0 saturated heterocycles. The van der Waals surface area contributed by atoms with Crippen LogP contribution in [0.15, 0.2) is 36.9 Å². The van der Waals surface area contributed by atoms with E-state index in [9.17, 15) is 14.7 Å². The first-order valence-electron chi connectivity index (χ1n) is 9.07. The maximum absolute atomic E-state index is 12.8. The molecule has 2 N–H and O–H groups in total. The summed E-state index contributed by atoms with van der Waals surface area (Å²) in [5.41, 5.74) is 1.75. The Bertz CT molecular complexity index is 780. The van der Waals surface area contributed by atoms with Crippen molar-refractivity contribution in [3.05, 3.63) is 42.5 Å². The number of nitrogens with zero attached hydrogens (tertiary/aromatic N) is 3. The highest BCUT2D eigenvalue weighted by Crippen LogP contribution is 2.49. The predicted octanol–water partition coefficient (Wildman–Crippen LogP) is 2.40. The molecule has 7 heteroatoms. The fourth-order valence-electron chi connectivity index (χ4n) is 4.60. The van der Waals surface area contributed by atoms with Gasteiger partial charge in [-0.05, 0) is 55.2 Å². The number of carboxylic acids is 1. The smallest absolute Gasteiger partial charge is 0.307 e. The van der Waals surface area contributed by atoms with Gasteiger partial charge in [-0.2, -0.15) is 5.10 Å². The summed E-state index contributed by atoms with van der Waals surface area (Å²) in [6, 6.07) is 7.56. The molecule has 3 aliphatic rings. The van der Waals surface area contributed by atoms with Crippen LogP contribution in [0.2, 0.25) is 0 Å². The normalized spacial score (nSPS) is 27.2. The molecule has 1 aromatic carbocycles. The fraction of sp³-hybridized carbons (Fsp3) is 0.474. The van der Waals surface area contributed by atoms with E-state index in [1.807, 2.05) is 24.3 Å². The van der Waals surface area contributed by atoms with E-state index in [-0.39, 0.29) is 17.7 Å². The van der Waals surface area contributed by atoms with Crippen molar-refractivity contribution in [2.24, 2.45) is 23.7 Å². The molecule has 0 spiro atoms. The van der Waals surface area contributed by atoms with Gasteiger partial charge >= 0.3 is 5.97 Å². The van der Waals surface area contributed by atoms with Gasteiger partial charge in [-0.15, -0.1) is 0 Å². The lowest BCUT2D eigenvalue weighted by atomic mass is 9.58. The lowest BCUT2D eigenvalue weighted by Gasteiger charge is -2.45. The number of rotatable bonds is 5. The molecule has 0 unspecified atom stereocenters. The highest BCUT2D eigenvalue weighted by Gasteiger charge is 2.50. The third-order valence-corrected chi connectivity index (χ3v) is 5.84. The van der Waals surface area contributed by atoms with E-state index >= 15 is 0 Å². The molecule has 3 saturated carbocycles. The number of hydrogen-bond acceptors (Lipinski definition) is 4. The van der Waals surface area contributed by atoms with E-state index in [1.54, 1.807) is 11.0 Å². The number of aliphatic carboxylic acids is 1. The zero-order chi connectivity index (χ0) is 18.1. The first-order valence-corrected chi connectivity index (χ1v) is 9.07. The average Bonchev–Trinajstić information content (AvgIpc) is 3.16. The molecule has 1 amide bonds. The molecule has 1 aromatic heterocycles. The number of fused-ring (bicyclic) bond motifs is 3. The van der Waals surface area contributed by atoms with Crippen molar-refractivity contribution in [3.8, 4) is 0 Å². The Morgan fingerprint density at radius 1 is 1.08 bits per heavy atom. The van der Waals surface area contributed by atoms with E-state index in [1.165, 1.54) is 6.33 Å². The molecule has 5 rings (SSSR count). The molecular formula is C19H22N4O3. The van der Waals surface area contributed by atoms with Crippen LogP contribution in [0.5, 0.6) is 0 Å². The maximum Gasteiger partial charge on any atom is 0.307 e. The molecule has 2 aromatic rings. The molecular weight excluding hydrogens is 332 g/mol. The summed E-state index contributed by atoms with van der Waals surface area (Å²) < 4.78 is 1.73. The van der Waals surface area contributed by atoms with Gasteiger partial charge in [-0.3, -0.25) is 9.59 Å². The predicted molar refractivity (Wildman–Crippen MR) is 94.3 cm³/mol. The minimum Gasteiger partial charge on any atom is -0.481 e. The van der Waals surface area contributed by atoms with Crippen LogP contribution in [-0.4, -0.2) is 31.7 Å². The Balaban J connectivity index is 1.44. The first kappa shape index (κ1) is 16.8. The van der Waals surface area contributed by atoms with E-state index in [0.717, 1.165) is 31.2 Å². The molecule has 3 aliphatic carbocycles. The lowest BCUT2D eigenvalue weighted by Crippen LogP contribution is -2.49. The maximum atomic E-state index is 12.8. The molecule has 2 atom stereocenters. The number of amides is 1. The van der Waals surface area contributed by atoms with Gasteiger partial charge in [0.05, 0.1) is 18.4 Å². The van der Waals surface area contributed by atoms with Crippen LogP contribution in [0.4, 0.5) is 5.69 Å². The Labute approximate surface area is 151 Å². The van der Waals surface area contributed by atoms with Crippen LogP contribution in [0.3, 0.4) is 0 Å². The second-order valence-electron chi connectivity index (χ2n) is 7.34. The Hall–Kier alpha value is -2.70. The Kier molecular flexibility index (Phi) is 4.44. The number of anilines is 1. The summed E-state index contributed by atoms with van der Waals surface area (Å²) in [5, 5.41) is 16.6. The van der Waals surface area contributed by atoms with Crippen LogP contribution < -0.4 is 5.32 Å². The number of nitrogens with one attached hydrogen (secondary N) is 1. The van der Waals surface area contributed by atoms with Crippen LogP contribution in [0, 0.1) is 23.7 Å². The molecule has 26 heavy (non-hydrogen) atoms. The molecule has 1 heterocycles. The number of carbonyl (C=O) groups excluding carboxylic acids is 1. The zero-order valence-corrected chi connectivity index (χ0v) is 14.4. The van der Waals surface area contributed by atoms with Crippen LogP contribution in [-0.2, 0) is 16.1 Å². The van der Waals surface area contributed by atoms with Gasteiger partial charge in [-0.1, -0.05) is 12.1 Å². The first-order chi connectivity index (χ1) is 12.6. The average molecular weight is 354 g/mol. The van der Waals surface area contributed by atoms with Gasteiger partial charge in [0.25, 0.3) is 0 Å². The van der Waals surface area contributed by atoms with E-state index in [4.69, 9.17) is 0 Å². The molecule has 136 valence electrons. The Morgan fingerprint density at radius 3 is 2.31 bits per heavy atom. The summed E-state index contributed by atoms with van der Waals surface area (Å²) in [6.45, 7) is 0.613. The standard InChI is InChI=1S/C19H22N4O3/c24-18(16-13-3-5-14(6-4-13)17(16)19(25)26)22-15-7-1-12(2-8-15)9-23-11-20-10-21-23/h1-2,7-8,10-11,13-14,16-17H,3-6,9H2,(H,22,24)(H,25,26)/t13?,14?,16-,17+/m0/s1. The molecule has 3 fully saturated rings. The van der Waals surface area contributed by atoms with E-state index < -0.39 is 17.8 Å². The van der Waals surface area contributed by atoms with Crippen molar-refractivity contribution in [3.63, 3.8) is 0 Å². The number of carbonyl (C=O) groups is 2. The van der Waals surface area contributed by atoms with Crippen molar-refractivity contribution < 1.29 is 14.7 Å². The highest BCUT2D eigenvalue weighted by molar-refractivity contribution is 5.95. The van der Waals surface area contributed by atoms with Crippen LogP contribution in [0.1, 0.15) is 31.2 Å². The summed E-state index contributed by atoms with van der Waals surface area (Å²) in [6.07, 6.45) is 6.93. The number of carboxylic acid groups (broad SMARTS) is 1. The SMILES string of the molecule is O=C(O)[C@@H]1C2CCC(CC2)[C@@H]1C(=O)Nc1ccc(Cn2cncn2)cc1. The number of benzene rings is 1. The minimum absolute atomic E-state index is 0.137. The van der Waals surface area contributed by atoms with Gasteiger partial charge in [-0.25, -0.2) is 9.67 Å². The van der Waals surface area contributed by atoms with Gasteiger partial charge in [0, 0.05) is 5.69 Å². The third kappa shape index (κ3) is 3.21. The Morgan fingerprint density at radius 2 is 1.73 bits per heavy atom. The van der Waals surface area contributed by atoms with Crippen molar-refractivity contribution in [2.45, 2.75) is 32.2 Å². The van der Waals surface area contributed by atoms with Crippen LogP contribution in [0.25, 0.3) is 0 Å². The van der Waals surface area contributed by atoms with E-state index in [0.29, 0.717) is 12.2 Å². The molecule has 2 bridgehead atoms. The van der Waals surface area contributed by atoms with Crippen molar-refractivity contribution in [1.29, 1.82) is 0 Å². The van der Waals surface area contributed by atoms with Crippen LogP contribution >= 0.6 is 0 Å². The van der Waals surface area contributed by atoms with Crippen molar-refractivity contribution in [1.82, 2.24) is 14.8 Å². The topological polar surface area (TPSA) is 97.1 Å². The van der Waals surface area contributed by atoms with Gasteiger partial charge in [0.15, 0.2) is 0 Å². The fourth-order valence-corrected chi connectivity index (χ4v) is 4.60. The van der Waals surface area contributed by atoms with Gasteiger partial charge in [0.1, 0.15) is 12.7 Å². The van der Waals surface area contributed by atoms with Crippen molar-refractivity contribution in [2.75, 3.05) is 5.32 Å². The summed E-state index contributed by atoms with van der Waals surface area (Å²) in [5.74, 6) is -1.63. The largest absolute Gasteiger partial charge is 0.481 e. The monoisotopic (exact) mass is 354 g/mol. The lowest BCUT2D eigenvalue weighted by molar-refractivity contribution is -0.156. The highest BCUT2D eigenvalue weighted by atomic mass is 16.4. The second kappa shape index (κ2) is 6.90. The summed E-state index contributed by atoms with van der Waals surface area (Å²) >= 11 is 0. The second-order valence-corrected chi connectivity index (χ2v) is 7.34. The summed E-state index contributed by atoms with van der Waals surface area (Å²) in [7, 11) is 0. The quantitative estimate of drug-likeness (QED) is 0.859. The minimum atomic E-state index is -0.831. The number of aromatic nitrogens is 3. The van der Waals surface area contributed by atoms with Gasteiger partial charge < -0.3 is 10.4 Å². The summed E-state index contributed by atoms with van der Waals surface area (Å²) in [4.78, 5) is 28.4. The van der Waals surface area contributed by atoms with E-state index in [2.05, 4.69) is 15.4 Å². The van der Waals surface area contributed by atoms with Crippen molar-refractivity contribution >= 4 is 17.6 Å². The van der Waals surface area contributed by atoms with Gasteiger partial charge in [0.2, 0.25) is 5.91 Å². The zero-order valence-electron chi connectivity index (χ0n) is 14.4. The third-order valence-electron chi connectivity index (χ3n) is 5.84. The molecule has 0 radical (unpaired) electrons. The molecule has 0 aliphatic heterocycles. The number of hydrogen-bond donors (Lipinski definition) is 2.